The number of carbonyl (C=O) groups excluding carboxylic acids is 4. The Kier molecular flexibility index (Phi) is 20.2. The van der Waals surface area contributed by atoms with Crippen LogP contribution < -0.4 is 0 Å². The van der Waals surface area contributed by atoms with Gasteiger partial charge in [0.25, 0.3) is 0 Å². The largest absolute Gasteiger partial charge is 0.479 e. The van der Waals surface area contributed by atoms with Gasteiger partial charge in [-0.2, -0.15) is 0 Å². The van der Waals surface area contributed by atoms with Gasteiger partial charge in [-0.15, -0.1) is 0 Å². The van der Waals surface area contributed by atoms with Crippen molar-refractivity contribution in [3.05, 3.63) is 23.3 Å². The lowest BCUT2D eigenvalue weighted by Crippen LogP contribution is -2.72. The maximum Gasteiger partial charge on any atom is 0.335 e. The number of carboxylic acids is 1. The first-order valence-electron chi connectivity index (χ1n) is 30.7. The van der Waals surface area contributed by atoms with Gasteiger partial charge in [-0.05, 0) is 92.8 Å². The molecule has 28 heteroatoms. The van der Waals surface area contributed by atoms with Crippen LogP contribution in [0, 0.1) is 50.2 Å². The van der Waals surface area contributed by atoms with Gasteiger partial charge in [-0.25, -0.2) is 9.59 Å². The lowest BCUT2D eigenvalue weighted by atomic mass is 9.33. The van der Waals surface area contributed by atoms with Crippen LogP contribution in [0.5, 0.6) is 0 Å². The molecule has 89 heavy (non-hydrogen) atoms. The van der Waals surface area contributed by atoms with Crippen LogP contribution in [0.25, 0.3) is 0 Å². The van der Waals surface area contributed by atoms with E-state index >= 15 is 0 Å². The van der Waals surface area contributed by atoms with Gasteiger partial charge in [-0.1, -0.05) is 59.3 Å². The predicted molar refractivity (Wildman–Crippen MR) is 298 cm³/mol. The summed E-state index contributed by atoms with van der Waals surface area (Å²) in [6.45, 7) is 15.3. The minimum Gasteiger partial charge on any atom is -0.479 e. The Morgan fingerprint density at radius 2 is 1.28 bits per heavy atom. The number of aliphatic carboxylic acids is 1. The Bertz CT molecular complexity index is 2670. The fourth-order valence-electron chi connectivity index (χ4n) is 17.2. The summed E-state index contributed by atoms with van der Waals surface area (Å²) in [6.07, 6.45) is -32.9. The van der Waals surface area contributed by atoms with Crippen molar-refractivity contribution >= 4 is 30.2 Å². The molecule has 28 nitrogen and oxygen atoms in total. The molecule has 0 aromatic rings. The standard InChI is InChI=1S/C61H92O28/c1-11-25(2)51(78)89-49-48(75)61(24-81-26(3)64)29(18-56(49,5)6)28-12-13-34-57(7)16-15-35(58(8,23-63)33(57)14-17-59(34,9)60(28,10)19-36(61)82-27(4)65)84-55-47(88-53-42(73)40(71)39(70)32(20-62)83-53)44(43(74)45(86-55)50(76)77)85-54-46(38(69)31(67)22-80-54)87-52-41(72)37(68)30(66)21-79-52/h11-12,23,29-49,52-55,62,66-75H,13-22,24H2,1-10H3,(H,76,77)/b25-11-/t29-,30+,31+,32+,33-,34-,35-,36+,37-,38-,39+,40-,41+,42+,43-,44-,45-,46+,47+,48-,49+,52-,53-,54-,55+,57+,58-,59-,60-,61+/m1/s1. The zero-order valence-electron chi connectivity index (χ0n) is 51.8. The molecule has 9 rings (SSSR count). The molecule has 4 saturated carbocycles. The van der Waals surface area contributed by atoms with Crippen LogP contribution in [0.1, 0.15) is 114 Å². The van der Waals surface area contributed by atoms with Crippen LogP contribution in [0.4, 0.5) is 0 Å². The van der Waals surface area contributed by atoms with Gasteiger partial charge < -0.3 is 118 Å². The van der Waals surface area contributed by atoms with E-state index in [0.29, 0.717) is 37.7 Å². The Hall–Kier alpha value is -3.73. The normalized spacial score (nSPS) is 49.7. The van der Waals surface area contributed by atoms with Crippen molar-refractivity contribution in [2.45, 2.75) is 249 Å². The van der Waals surface area contributed by atoms with Crippen LogP contribution in [0.15, 0.2) is 23.3 Å². The molecule has 9 aliphatic rings. The number of aliphatic hydroxyl groups is 11. The number of fused-ring (bicyclic) bond motifs is 7. The number of ether oxygens (including phenoxy) is 11. The zero-order chi connectivity index (χ0) is 65.6. The Balaban J connectivity index is 1.07. The molecule has 30 atom stereocenters. The van der Waals surface area contributed by atoms with Gasteiger partial charge in [-0.3, -0.25) is 9.59 Å². The minimum atomic E-state index is -2.29. The number of allylic oxidation sites excluding steroid dienone is 3. The molecule has 5 aliphatic carbocycles. The molecule has 0 bridgehead atoms. The first kappa shape index (κ1) is 69.6. The highest BCUT2D eigenvalue weighted by Crippen LogP contribution is 2.76. The summed E-state index contributed by atoms with van der Waals surface area (Å²) in [5.41, 5.74) is -4.65. The summed E-state index contributed by atoms with van der Waals surface area (Å²) in [7, 11) is 0. The van der Waals surface area contributed by atoms with E-state index < -0.39 is 223 Å². The van der Waals surface area contributed by atoms with E-state index in [2.05, 4.69) is 26.8 Å². The van der Waals surface area contributed by atoms with Gasteiger partial charge in [0.1, 0.15) is 111 Å². The van der Waals surface area contributed by atoms with Gasteiger partial charge in [0.2, 0.25) is 0 Å². The number of rotatable bonds is 16. The van der Waals surface area contributed by atoms with Crippen LogP contribution in [0.2, 0.25) is 0 Å². The highest BCUT2D eigenvalue weighted by molar-refractivity contribution is 5.87. The molecule has 0 aromatic heterocycles. The third-order valence-corrected chi connectivity index (χ3v) is 22.5. The van der Waals surface area contributed by atoms with Crippen molar-refractivity contribution in [3.63, 3.8) is 0 Å². The van der Waals surface area contributed by atoms with E-state index in [-0.39, 0.29) is 25.4 Å². The number of carbonyl (C=O) groups is 5. The SMILES string of the molecule is C/C=C(/C)C(=O)O[C@H]1[C@@H](O)[C@]2(COC(C)=O)[C@@H](OC(C)=O)C[C@]3(C)C(=CC[C@@H]4[C@@]5(C)CC[C@@H](O[C@H]6O[C@@H](C(=O)O)[C@H](O)[C@@H](O[C@H]7OC[C@H](O)[C@@H](O)[C@@H]7O[C@H]7OC[C@H](O)[C@@H](O)[C@@H]7O)[C@@H]6O[C@H]6O[C@@H](CO)[C@H](O)[C@@H](O)[C@@H]6O)[C@](C)(C=O)[C@@H]5CC[C@]43C)[C@H]2CC1(C)C. The van der Waals surface area contributed by atoms with Crippen LogP contribution in [-0.4, -0.2) is 253 Å². The maximum absolute atomic E-state index is 14.3. The summed E-state index contributed by atoms with van der Waals surface area (Å²) in [5, 5.41) is 132. The van der Waals surface area contributed by atoms with Gasteiger partial charge in [0.15, 0.2) is 31.3 Å². The highest BCUT2D eigenvalue weighted by atomic mass is 16.8. The third-order valence-electron chi connectivity index (χ3n) is 22.5. The molecular weight excluding hydrogens is 1180 g/mol. The number of carboxylic acid groups (broad SMARTS) is 1. The van der Waals surface area contributed by atoms with Crippen LogP contribution in [0.3, 0.4) is 0 Å². The van der Waals surface area contributed by atoms with E-state index in [1.807, 2.05) is 13.8 Å². The van der Waals surface area contributed by atoms with E-state index in [1.54, 1.807) is 26.8 Å². The maximum atomic E-state index is 14.3. The smallest absolute Gasteiger partial charge is 0.335 e. The summed E-state index contributed by atoms with van der Waals surface area (Å²) >= 11 is 0. The average Bonchev–Trinajstić information content (AvgIpc) is 0.693. The molecule has 4 heterocycles. The lowest BCUT2D eigenvalue weighted by Gasteiger charge is -2.72. The van der Waals surface area contributed by atoms with Gasteiger partial charge >= 0.3 is 23.9 Å². The molecule has 0 spiro atoms. The monoisotopic (exact) mass is 1270 g/mol. The Morgan fingerprint density at radius 3 is 1.90 bits per heavy atom. The topological polar surface area (TPSA) is 430 Å². The van der Waals surface area contributed by atoms with E-state index in [1.165, 1.54) is 13.8 Å². The second kappa shape index (κ2) is 25.9. The first-order chi connectivity index (χ1) is 41.6. The summed E-state index contributed by atoms with van der Waals surface area (Å²) in [6, 6.07) is 0. The fourth-order valence-corrected chi connectivity index (χ4v) is 17.2. The quantitative estimate of drug-likeness (QED) is 0.0210. The molecule has 0 radical (unpaired) electrons. The van der Waals surface area contributed by atoms with E-state index in [9.17, 15) is 85.3 Å². The average molecular weight is 1270 g/mol. The van der Waals surface area contributed by atoms with E-state index in [4.69, 9.17) is 52.1 Å². The van der Waals surface area contributed by atoms with Gasteiger partial charge in [0, 0.05) is 24.8 Å². The molecule has 0 aromatic carbocycles. The fraction of sp³-hybridized carbons (Fsp3) is 0.852. The summed E-state index contributed by atoms with van der Waals surface area (Å²) < 4.78 is 66.6. The number of aldehydes is 1. The number of hydrogen-bond acceptors (Lipinski definition) is 27. The van der Waals surface area contributed by atoms with Crippen molar-refractivity contribution in [1.29, 1.82) is 0 Å². The van der Waals surface area contributed by atoms with Crippen molar-refractivity contribution in [2.75, 3.05) is 26.4 Å². The molecule has 504 valence electrons. The second-order valence-corrected chi connectivity index (χ2v) is 27.9. The molecule has 12 N–H and O–H groups in total. The zero-order valence-corrected chi connectivity index (χ0v) is 51.8. The van der Waals surface area contributed by atoms with E-state index in [0.717, 1.165) is 11.9 Å². The van der Waals surface area contributed by atoms with Gasteiger partial charge in [0.05, 0.1) is 36.8 Å². The highest BCUT2D eigenvalue weighted by Gasteiger charge is 2.75. The first-order valence-corrected chi connectivity index (χ1v) is 30.7. The summed E-state index contributed by atoms with van der Waals surface area (Å²) in [4.78, 5) is 67.1. The minimum absolute atomic E-state index is 0.0912. The predicted octanol–water partition coefficient (Wildman–Crippen LogP) is -1.44. The van der Waals surface area contributed by atoms with Crippen molar-refractivity contribution in [3.8, 4) is 0 Å². The lowest BCUT2D eigenvalue weighted by molar-refractivity contribution is -0.398. The van der Waals surface area contributed by atoms with Crippen LogP contribution >= 0.6 is 0 Å². The molecular formula is C61H92O28. The Labute approximate surface area is 515 Å². The Morgan fingerprint density at radius 1 is 0.652 bits per heavy atom. The number of hydrogen-bond donors (Lipinski definition) is 12. The molecule has 4 aliphatic heterocycles. The molecule has 0 unspecified atom stereocenters. The summed E-state index contributed by atoms with van der Waals surface area (Å²) in [5.74, 6) is -4.97. The van der Waals surface area contributed by atoms with Crippen LogP contribution in [-0.2, 0) is 76.1 Å². The third kappa shape index (κ3) is 11.9. The van der Waals surface area contributed by atoms with Crippen molar-refractivity contribution < 1.29 is 137 Å². The second-order valence-electron chi connectivity index (χ2n) is 27.9. The number of aliphatic hydroxyl groups excluding tert-OH is 11. The van der Waals surface area contributed by atoms with Crippen molar-refractivity contribution in [2.24, 2.45) is 50.2 Å². The number of esters is 3. The molecule has 8 fully saturated rings. The van der Waals surface area contributed by atoms with Crippen molar-refractivity contribution in [1.82, 2.24) is 0 Å². The molecule has 4 saturated heterocycles. The molecule has 0 amide bonds.